The number of nitrogens with zero attached hydrogens (tertiary/aromatic N) is 4. The molecule has 1 saturated heterocycles. The van der Waals surface area contributed by atoms with E-state index in [2.05, 4.69) is 9.97 Å². The van der Waals surface area contributed by atoms with E-state index >= 15 is 0 Å². The van der Waals surface area contributed by atoms with Gasteiger partial charge in [0.2, 0.25) is 5.91 Å². The van der Waals surface area contributed by atoms with Crippen molar-refractivity contribution in [2.75, 3.05) is 26.2 Å². The number of rotatable bonds is 1. The first-order chi connectivity index (χ1) is 9.08. The lowest BCUT2D eigenvalue weighted by molar-refractivity contribution is -0.128. The molecule has 1 fully saturated rings. The molecule has 0 N–H and O–H groups in total. The molecule has 2 rings (SSSR count). The van der Waals surface area contributed by atoms with Crippen molar-refractivity contribution in [1.29, 1.82) is 0 Å². The summed E-state index contributed by atoms with van der Waals surface area (Å²) in [5, 5.41) is 0.259. The standard InChI is InChI=1S/C12H15ClN4O2/c1-9(18)16-3-2-4-17(6-5-16)12(19)10-7-15-11(13)8-14-10/h7-8H,2-6H2,1H3. The van der Waals surface area contributed by atoms with E-state index < -0.39 is 0 Å². The molecule has 1 aromatic heterocycles. The van der Waals surface area contributed by atoms with Gasteiger partial charge in [-0.3, -0.25) is 9.59 Å². The van der Waals surface area contributed by atoms with Gasteiger partial charge in [-0.2, -0.15) is 0 Å². The van der Waals surface area contributed by atoms with Crippen molar-refractivity contribution in [3.8, 4) is 0 Å². The highest BCUT2D eigenvalue weighted by atomic mass is 35.5. The van der Waals surface area contributed by atoms with Gasteiger partial charge in [-0.15, -0.1) is 0 Å². The monoisotopic (exact) mass is 282 g/mol. The number of hydrogen-bond donors (Lipinski definition) is 0. The quantitative estimate of drug-likeness (QED) is 0.765. The minimum atomic E-state index is -0.172. The molecule has 0 saturated carbocycles. The number of carbonyl (C=O) groups is 2. The predicted octanol–water partition coefficient (Wildman–Crippen LogP) is 0.824. The molecule has 19 heavy (non-hydrogen) atoms. The van der Waals surface area contributed by atoms with Crippen LogP contribution in [0.5, 0.6) is 0 Å². The summed E-state index contributed by atoms with van der Waals surface area (Å²) in [5.74, 6) is -0.129. The van der Waals surface area contributed by atoms with Gasteiger partial charge < -0.3 is 9.80 Å². The maximum absolute atomic E-state index is 12.2. The van der Waals surface area contributed by atoms with Crippen molar-refractivity contribution < 1.29 is 9.59 Å². The van der Waals surface area contributed by atoms with Crippen LogP contribution in [-0.4, -0.2) is 57.8 Å². The zero-order valence-corrected chi connectivity index (χ0v) is 11.4. The van der Waals surface area contributed by atoms with Crippen molar-refractivity contribution in [3.63, 3.8) is 0 Å². The summed E-state index contributed by atoms with van der Waals surface area (Å²) in [4.78, 5) is 34.8. The third-order valence-corrected chi connectivity index (χ3v) is 3.26. The van der Waals surface area contributed by atoms with E-state index in [1.54, 1.807) is 16.7 Å². The smallest absolute Gasteiger partial charge is 0.274 e. The molecule has 1 aliphatic heterocycles. The Balaban J connectivity index is 2.03. The molecule has 6 nitrogen and oxygen atoms in total. The summed E-state index contributed by atoms with van der Waals surface area (Å²) in [5.41, 5.74) is 0.278. The van der Waals surface area contributed by atoms with Gasteiger partial charge in [-0.25, -0.2) is 9.97 Å². The van der Waals surface area contributed by atoms with Gasteiger partial charge in [-0.05, 0) is 6.42 Å². The maximum atomic E-state index is 12.2. The number of aromatic nitrogens is 2. The fourth-order valence-electron chi connectivity index (χ4n) is 2.02. The number of carbonyl (C=O) groups excluding carboxylic acids is 2. The molecule has 2 amide bonds. The Morgan fingerprint density at radius 1 is 1.11 bits per heavy atom. The zero-order chi connectivity index (χ0) is 13.8. The summed E-state index contributed by atoms with van der Waals surface area (Å²) in [6.07, 6.45) is 3.50. The Bertz CT molecular complexity index is 477. The van der Waals surface area contributed by atoms with Crippen molar-refractivity contribution in [1.82, 2.24) is 19.8 Å². The van der Waals surface area contributed by atoms with E-state index in [9.17, 15) is 9.59 Å². The van der Waals surface area contributed by atoms with Gasteiger partial charge in [0, 0.05) is 33.1 Å². The first-order valence-electron chi connectivity index (χ1n) is 6.10. The van der Waals surface area contributed by atoms with Gasteiger partial charge >= 0.3 is 0 Å². The summed E-state index contributed by atoms with van der Waals surface area (Å²) in [6, 6.07) is 0. The van der Waals surface area contributed by atoms with Crippen LogP contribution in [0.1, 0.15) is 23.8 Å². The Morgan fingerprint density at radius 3 is 2.42 bits per heavy atom. The molecule has 0 bridgehead atoms. The number of hydrogen-bond acceptors (Lipinski definition) is 4. The van der Waals surface area contributed by atoms with E-state index in [1.807, 2.05) is 0 Å². The lowest BCUT2D eigenvalue weighted by atomic mass is 10.3. The van der Waals surface area contributed by atoms with Crippen LogP contribution >= 0.6 is 11.6 Å². The van der Waals surface area contributed by atoms with Gasteiger partial charge in [0.25, 0.3) is 5.91 Å². The van der Waals surface area contributed by atoms with Crippen LogP contribution in [0.2, 0.25) is 5.15 Å². The average Bonchev–Trinajstić information content (AvgIpc) is 2.64. The third kappa shape index (κ3) is 3.41. The Labute approximate surface area is 116 Å². The van der Waals surface area contributed by atoms with Crippen molar-refractivity contribution in [2.24, 2.45) is 0 Å². The lowest BCUT2D eigenvalue weighted by Crippen LogP contribution is -2.36. The van der Waals surface area contributed by atoms with Crippen LogP contribution in [0, 0.1) is 0 Å². The summed E-state index contributed by atoms with van der Waals surface area (Å²) in [6.45, 7) is 3.92. The molecule has 0 radical (unpaired) electrons. The molecule has 1 aromatic rings. The van der Waals surface area contributed by atoms with Gasteiger partial charge in [-0.1, -0.05) is 11.6 Å². The van der Waals surface area contributed by atoms with Gasteiger partial charge in [0.15, 0.2) is 0 Å². The lowest BCUT2D eigenvalue weighted by Gasteiger charge is -2.20. The van der Waals surface area contributed by atoms with Gasteiger partial charge in [0.05, 0.1) is 12.4 Å². The van der Waals surface area contributed by atoms with Gasteiger partial charge in [0.1, 0.15) is 10.8 Å². The topological polar surface area (TPSA) is 66.4 Å². The molecule has 2 heterocycles. The van der Waals surface area contributed by atoms with Crippen LogP contribution in [0.25, 0.3) is 0 Å². The minimum absolute atomic E-state index is 0.0422. The molecule has 0 spiro atoms. The SMILES string of the molecule is CC(=O)N1CCCN(C(=O)c2cnc(Cl)cn2)CC1. The molecule has 1 aliphatic rings. The van der Waals surface area contributed by atoms with Crippen LogP contribution in [0.4, 0.5) is 0 Å². The number of halogens is 1. The fourth-order valence-corrected chi connectivity index (χ4v) is 2.12. The van der Waals surface area contributed by atoms with Crippen LogP contribution < -0.4 is 0 Å². The largest absolute Gasteiger partial charge is 0.341 e. The van der Waals surface area contributed by atoms with E-state index in [1.165, 1.54) is 12.4 Å². The molecule has 0 aliphatic carbocycles. The molecular formula is C12H15ClN4O2. The van der Waals surface area contributed by atoms with Crippen LogP contribution in [0.3, 0.4) is 0 Å². The fraction of sp³-hybridized carbons (Fsp3) is 0.500. The highest BCUT2D eigenvalue weighted by molar-refractivity contribution is 6.29. The molecule has 7 heteroatoms. The van der Waals surface area contributed by atoms with E-state index in [0.29, 0.717) is 26.2 Å². The van der Waals surface area contributed by atoms with Crippen LogP contribution in [0.15, 0.2) is 12.4 Å². The highest BCUT2D eigenvalue weighted by Gasteiger charge is 2.22. The second-order valence-electron chi connectivity index (χ2n) is 4.38. The Hall–Kier alpha value is -1.69. The third-order valence-electron chi connectivity index (χ3n) is 3.07. The van der Waals surface area contributed by atoms with Crippen molar-refractivity contribution in [3.05, 3.63) is 23.2 Å². The molecule has 102 valence electrons. The van der Waals surface area contributed by atoms with Crippen LogP contribution in [-0.2, 0) is 4.79 Å². The molecule has 0 unspecified atom stereocenters. The first kappa shape index (κ1) is 13.7. The molecular weight excluding hydrogens is 268 g/mol. The molecule has 0 atom stereocenters. The highest BCUT2D eigenvalue weighted by Crippen LogP contribution is 2.08. The number of amides is 2. The summed E-state index contributed by atoms with van der Waals surface area (Å²) < 4.78 is 0. The first-order valence-corrected chi connectivity index (χ1v) is 6.48. The van der Waals surface area contributed by atoms with E-state index in [-0.39, 0.29) is 22.7 Å². The Morgan fingerprint density at radius 2 is 1.79 bits per heavy atom. The minimum Gasteiger partial charge on any atom is -0.341 e. The molecule has 0 aromatic carbocycles. The Kier molecular flexibility index (Phi) is 4.31. The second-order valence-corrected chi connectivity index (χ2v) is 4.76. The second kappa shape index (κ2) is 5.97. The summed E-state index contributed by atoms with van der Waals surface area (Å²) >= 11 is 5.64. The van der Waals surface area contributed by atoms with E-state index in [0.717, 1.165) is 6.42 Å². The normalized spacial score (nSPS) is 16.1. The zero-order valence-electron chi connectivity index (χ0n) is 10.7. The predicted molar refractivity (Wildman–Crippen MR) is 69.8 cm³/mol. The van der Waals surface area contributed by atoms with Crippen molar-refractivity contribution >= 4 is 23.4 Å². The average molecular weight is 283 g/mol. The van der Waals surface area contributed by atoms with E-state index in [4.69, 9.17) is 11.6 Å². The van der Waals surface area contributed by atoms with Crippen molar-refractivity contribution in [2.45, 2.75) is 13.3 Å². The maximum Gasteiger partial charge on any atom is 0.274 e. The summed E-state index contributed by atoms with van der Waals surface area (Å²) in [7, 11) is 0.